The van der Waals surface area contributed by atoms with Gasteiger partial charge in [0.05, 0.1) is 11.3 Å². The van der Waals surface area contributed by atoms with Crippen molar-refractivity contribution in [1.29, 1.82) is 5.26 Å². The topological polar surface area (TPSA) is 65.8 Å². The Morgan fingerprint density at radius 3 is 2.76 bits per heavy atom. The van der Waals surface area contributed by atoms with E-state index in [2.05, 4.69) is 16.4 Å². The van der Waals surface area contributed by atoms with Crippen molar-refractivity contribution in [3.8, 4) is 6.07 Å². The van der Waals surface area contributed by atoms with Crippen molar-refractivity contribution in [3.05, 3.63) is 59.3 Å². The minimum atomic E-state index is -0.0731. The average Bonchev–Trinajstić information content (AvgIpc) is 2.52. The number of nitrogens with one attached hydrogen (secondary N) is 1. The number of hydrogen-bond donors (Lipinski definition) is 1. The first-order chi connectivity index (χ1) is 10.2. The molecule has 21 heavy (non-hydrogen) atoms. The van der Waals surface area contributed by atoms with E-state index in [9.17, 15) is 4.79 Å². The molecular weight excluding hydrogens is 282 g/mol. The Kier molecular flexibility index (Phi) is 5.35. The monoisotopic (exact) mass is 297 g/mol. The van der Waals surface area contributed by atoms with Crippen LogP contribution in [0, 0.1) is 18.3 Å². The SMILES string of the molecule is Cc1ccc(C#N)c(SCC(=O)NCc2ccccc2)n1. The number of amides is 1. The van der Waals surface area contributed by atoms with E-state index in [-0.39, 0.29) is 11.7 Å². The Bertz CT molecular complexity index is 665. The van der Waals surface area contributed by atoms with E-state index < -0.39 is 0 Å². The predicted molar refractivity (Wildman–Crippen MR) is 82.7 cm³/mol. The van der Waals surface area contributed by atoms with E-state index in [1.54, 1.807) is 12.1 Å². The number of aromatic nitrogens is 1. The third-order valence-corrected chi connectivity index (χ3v) is 3.78. The molecule has 0 bridgehead atoms. The van der Waals surface area contributed by atoms with Crippen molar-refractivity contribution < 1.29 is 4.79 Å². The number of hydrogen-bond acceptors (Lipinski definition) is 4. The maximum absolute atomic E-state index is 11.8. The lowest BCUT2D eigenvalue weighted by atomic mass is 10.2. The van der Waals surface area contributed by atoms with Crippen LogP contribution in [0.1, 0.15) is 16.8 Å². The molecule has 0 atom stereocenters. The summed E-state index contributed by atoms with van der Waals surface area (Å²) < 4.78 is 0. The summed E-state index contributed by atoms with van der Waals surface area (Å²) in [4.78, 5) is 16.1. The molecule has 1 aromatic heterocycles. The molecule has 0 unspecified atom stereocenters. The summed E-state index contributed by atoms with van der Waals surface area (Å²) in [7, 11) is 0. The summed E-state index contributed by atoms with van der Waals surface area (Å²) in [6.07, 6.45) is 0. The van der Waals surface area contributed by atoms with Crippen LogP contribution in [0.4, 0.5) is 0 Å². The van der Waals surface area contributed by atoms with E-state index in [0.717, 1.165) is 11.3 Å². The number of rotatable bonds is 5. The number of thioether (sulfide) groups is 1. The number of carbonyl (C=O) groups is 1. The summed E-state index contributed by atoms with van der Waals surface area (Å²) in [5.41, 5.74) is 2.39. The molecule has 0 radical (unpaired) electrons. The van der Waals surface area contributed by atoms with Gasteiger partial charge in [-0.3, -0.25) is 4.79 Å². The van der Waals surface area contributed by atoms with E-state index >= 15 is 0 Å². The summed E-state index contributed by atoms with van der Waals surface area (Å²) in [5, 5.41) is 12.5. The fraction of sp³-hybridized carbons (Fsp3) is 0.188. The lowest BCUT2D eigenvalue weighted by molar-refractivity contribution is -0.118. The average molecular weight is 297 g/mol. The largest absolute Gasteiger partial charge is 0.351 e. The Morgan fingerprint density at radius 2 is 2.05 bits per heavy atom. The zero-order valence-electron chi connectivity index (χ0n) is 11.7. The predicted octanol–water partition coefficient (Wildman–Crippen LogP) is 2.67. The second kappa shape index (κ2) is 7.46. The molecule has 1 aromatic carbocycles. The van der Waals surface area contributed by atoms with Crippen molar-refractivity contribution in [1.82, 2.24) is 10.3 Å². The lowest BCUT2D eigenvalue weighted by Crippen LogP contribution is -2.24. The third-order valence-electron chi connectivity index (χ3n) is 2.79. The van der Waals surface area contributed by atoms with E-state index in [1.807, 2.05) is 37.3 Å². The van der Waals surface area contributed by atoms with Crippen molar-refractivity contribution in [2.45, 2.75) is 18.5 Å². The summed E-state index contributed by atoms with van der Waals surface area (Å²) >= 11 is 1.28. The highest BCUT2D eigenvalue weighted by atomic mass is 32.2. The molecule has 0 spiro atoms. The van der Waals surface area contributed by atoms with Crippen LogP contribution in [-0.2, 0) is 11.3 Å². The second-order valence-corrected chi connectivity index (χ2v) is 5.43. The number of nitriles is 1. The Balaban J connectivity index is 1.87. The van der Waals surface area contributed by atoms with Crippen LogP contribution >= 0.6 is 11.8 Å². The number of nitrogens with zero attached hydrogens (tertiary/aromatic N) is 2. The van der Waals surface area contributed by atoms with Gasteiger partial charge in [0.2, 0.25) is 5.91 Å². The molecule has 1 amide bonds. The Labute approximate surface area is 128 Å². The van der Waals surface area contributed by atoms with Crippen molar-refractivity contribution in [3.63, 3.8) is 0 Å². The first-order valence-electron chi connectivity index (χ1n) is 6.50. The van der Waals surface area contributed by atoms with Crippen molar-refractivity contribution in [2.75, 3.05) is 5.75 Å². The van der Waals surface area contributed by atoms with Crippen LogP contribution in [0.5, 0.6) is 0 Å². The second-order valence-electron chi connectivity index (χ2n) is 4.47. The summed E-state index contributed by atoms with van der Waals surface area (Å²) in [5.74, 6) is 0.175. The van der Waals surface area contributed by atoms with Gasteiger partial charge in [-0.25, -0.2) is 4.98 Å². The van der Waals surface area contributed by atoms with Gasteiger partial charge in [0.1, 0.15) is 11.1 Å². The van der Waals surface area contributed by atoms with Gasteiger partial charge in [-0.2, -0.15) is 5.26 Å². The van der Waals surface area contributed by atoms with Crippen LogP contribution in [0.3, 0.4) is 0 Å². The first-order valence-corrected chi connectivity index (χ1v) is 7.49. The number of aryl methyl sites for hydroxylation is 1. The van der Waals surface area contributed by atoms with E-state index in [4.69, 9.17) is 5.26 Å². The fourth-order valence-electron chi connectivity index (χ4n) is 1.71. The molecule has 5 heteroatoms. The maximum atomic E-state index is 11.8. The number of carbonyl (C=O) groups excluding carboxylic acids is 1. The highest BCUT2D eigenvalue weighted by molar-refractivity contribution is 8.00. The highest BCUT2D eigenvalue weighted by Gasteiger charge is 2.08. The molecule has 1 N–H and O–H groups in total. The molecule has 0 aliphatic rings. The quantitative estimate of drug-likeness (QED) is 0.862. The standard InChI is InChI=1S/C16H15N3OS/c1-12-7-8-14(9-17)16(19-12)21-11-15(20)18-10-13-5-3-2-4-6-13/h2-8H,10-11H2,1H3,(H,18,20). The van der Waals surface area contributed by atoms with Gasteiger partial charge in [-0.1, -0.05) is 42.1 Å². The maximum Gasteiger partial charge on any atom is 0.230 e. The number of benzene rings is 1. The molecule has 1 heterocycles. The molecule has 106 valence electrons. The number of pyridine rings is 1. The first kappa shape index (κ1) is 15.1. The van der Waals surface area contributed by atoms with Crippen LogP contribution in [0.25, 0.3) is 0 Å². The summed E-state index contributed by atoms with van der Waals surface area (Å²) in [6, 6.07) is 15.3. The molecule has 0 aliphatic carbocycles. The molecule has 0 fully saturated rings. The fourth-order valence-corrected chi connectivity index (χ4v) is 2.56. The molecule has 2 aromatic rings. The molecule has 0 saturated heterocycles. The summed E-state index contributed by atoms with van der Waals surface area (Å²) in [6.45, 7) is 2.37. The van der Waals surface area contributed by atoms with Crippen LogP contribution in [-0.4, -0.2) is 16.6 Å². The van der Waals surface area contributed by atoms with Gasteiger partial charge < -0.3 is 5.32 Å². The van der Waals surface area contributed by atoms with Crippen LogP contribution in [0.15, 0.2) is 47.5 Å². The molecule has 0 saturated carbocycles. The van der Waals surface area contributed by atoms with Gasteiger partial charge >= 0.3 is 0 Å². The Morgan fingerprint density at radius 1 is 1.29 bits per heavy atom. The van der Waals surface area contributed by atoms with Gasteiger partial charge in [0, 0.05) is 12.2 Å². The van der Waals surface area contributed by atoms with Gasteiger partial charge in [0.25, 0.3) is 0 Å². The highest BCUT2D eigenvalue weighted by Crippen LogP contribution is 2.20. The molecule has 0 aliphatic heterocycles. The van der Waals surface area contributed by atoms with Crippen molar-refractivity contribution >= 4 is 17.7 Å². The third kappa shape index (κ3) is 4.62. The molecule has 4 nitrogen and oxygen atoms in total. The smallest absolute Gasteiger partial charge is 0.230 e. The van der Waals surface area contributed by atoms with Crippen molar-refractivity contribution in [2.24, 2.45) is 0 Å². The van der Waals surface area contributed by atoms with Crippen LogP contribution < -0.4 is 5.32 Å². The zero-order chi connectivity index (χ0) is 15.1. The zero-order valence-corrected chi connectivity index (χ0v) is 12.5. The minimum Gasteiger partial charge on any atom is -0.351 e. The minimum absolute atomic E-state index is 0.0731. The lowest BCUT2D eigenvalue weighted by Gasteiger charge is -2.06. The molecule has 2 rings (SSSR count). The van der Waals surface area contributed by atoms with Gasteiger partial charge in [0.15, 0.2) is 0 Å². The Hall–Kier alpha value is -2.32. The van der Waals surface area contributed by atoms with Crippen LogP contribution in [0.2, 0.25) is 0 Å². The van der Waals surface area contributed by atoms with E-state index in [1.165, 1.54) is 11.8 Å². The van der Waals surface area contributed by atoms with Gasteiger partial charge in [-0.15, -0.1) is 0 Å². The van der Waals surface area contributed by atoms with E-state index in [0.29, 0.717) is 17.1 Å². The normalized spacial score (nSPS) is 9.90. The van der Waals surface area contributed by atoms with Gasteiger partial charge in [-0.05, 0) is 24.6 Å². The molecular formula is C16H15N3OS.